The molecular weight excluding hydrogens is 192 g/mol. The summed E-state index contributed by atoms with van der Waals surface area (Å²) in [7, 11) is 0. The van der Waals surface area contributed by atoms with Gasteiger partial charge in [-0.2, -0.15) is 0 Å². The first-order valence-electron chi connectivity index (χ1n) is 5.49. The molecule has 0 aromatic carbocycles. The first-order chi connectivity index (χ1) is 6.72. The molecule has 0 spiro atoms. The highest BCUT2D eigenvalue weighted by Gasteiger charge is 2.33. The number of thiophene rings is 1. The molecular formula is C12H18OS. The van der Waals surface area contributed by atoms with E-state index in [-0.39, 0.29) is 6.10 Å². The zero-order valence-electron chi connectivity index (χ0n) is 8.86. The van der Waals surface area contributed by atoms with E-state index < -0.39 is 0 Å². The molecule has 1 heterocycles. The van der Waals surface area contributed by atoms with Gasteiger partial charge in [0.1, 0.15) is 0 Å². The van der Waals surface area contributed by atoms with E-state index in [1.165, 1.54) is 17.7 Å². The fourth-order valence-corrected chi connectivity index (χ4v) is 2.94. The Balaban J connectivity index is 2.05. The third-order valence-electron chi connectivity index (χ3n) is 3.19. The van der Waals surface area contributed by atoms with E-state index in [4.69, 9.17) is 0 Å². The van der Waals surface area contributed by atoms with Crippen LogP contribution in [0.4, 0.5) is 0 Å². The monoisotopic (exact) mass is 210 g/mol. The van der Waals surface area contributed by atoms with Gasteiger partial charge < -0.3 is 5.11 Å². The van der Waals surface area contributed by atoms with Crippen molar-refractivity contribution in [3.63, 3.8) is 0 Å². The van der Waals surface area contributed by atoms with Crippen molar-refractivity contribution in [2.45, 2.75) is 39.2 Å². The topological polar surface area (TPSA) is 20.2 Å². The van der Waals surface area contributed by atoms with Gasteiger partial charge in [-0.1, -0.05) is 13.8 Å². The maximum absolute atomic E-state index is 10.1. The van der Waals surface area contributed by atoms with E-state index in [9.17, 15) is 5.11 Å². The third kappa shape index (κ3) is 2.01. The molecule has 1 aromatic heterocycles. The first-order valence-corrected chi connectivity index (χ1v) is 6.30. The molecule has 2 rings (SSSR count). The second-order valence-electron chi connectivity index (χ2n) is 4.30. The Morgan fingerprint density at radius 3 is 2.71 bits per heavy atom. The summed E-state index contributed by atoms with van der Waals surface area (Å²) in [6.45, 7) is 4.33. The SMILES string of the molecule is CCc1ccc(C(O)C(C)C2CC2)s1. The first kappa shape index (κ1) is 10.2. The minimum absolute atomic E-state index is 0.229. The van der Waals surface area contributed by atoms with Crippen molar-refractivity contribution in [2.24, 2.45) is 11.8 Å². The summed E-state index contributed by atoms with van der Waals surface area (Å²) in [6.07, 6.45) is 3.47. The fraction of sp³-hybridized carbons (Fsp3) is 0.667. The Kier molecular flexibility index (Phi) is 2.93. The van der Waals surface area contributed by atoms with E-state index in [2.05, 4.69) is 26.0 Å². The maximum Gasteiger partial charge on any atom is 0.0910 e. The van der Waals surface area contributed by atoms with Crippen LogP contribution >= 0.6 is 11.3 Å². The Hall–Kier alpha value is -0.340. The summed E-state index contributed by atoms with van der Waals surface area (Å²) >= 11 is 1.76. The minimum atomic E-state index is -0.229. The minimum Gasteiger partial charge on any atom is -0.387 e. The summed E-state index contributed by atoms with van der Waals surface area (Å²) in [5.74, 6) is 1.22. The van der Waals surface area contributed by atoms with Crippen molar-refractivity contribution in [2.75, 3.05) is 0 Å². The number of aliphatic hydroxyl groups is 1. The lowest BCUT2D eigenvalue weighted by molar-refractivity contribution is 0.109. The molecule has 0 bridgehead atoms. The van der Waals surface area contributed by atoms with E-state index >= 15 is 0 Å². The highest BCUT2D eigenvalue weighted by atomic mass is 32.1. The number of aliphatic hydroxyl groups excluding tert-OH is 1. The van der Waals surface area contributed by atoms with Crippen LogP contribution in [0.15, 0.2) is 12.1 Å². The van der Waals surface area contributed by atoms with Gasteiger partial charge in [-0.25, -0.2) is 0 Å². The highest BCUT2D eigenvalue weighted by Crippen LogP contribution is 2.43. The van der Waals surface area contributed by atoms with Crippen LogP contribution in [0.2, 0.25) is 0 Å². The molecule has 0 aliphatic heterocycles. The molecule has 0 amide bonds. The van der Waals surface area contributed by atoms with E-state index in [1.54, 1.807) is 11.3 Å². The number of aryl methyl sites for hydroxylation is 1. The van der Waals surface area contributed by atoms with Gasteiger partial charge in [0, 0.05) is 9.75 Å². The lowest BCUT2D eigenvalue weighted by Gasteiger charge is -2.16. The summed E-state index contributed by atoms with van der Waals surface area (Å²) < 4.78 is 0. The average Bonchev–Trinajstić information content (AvgIpc) is 2.94. The zero-order valence-corrected chi connectivity index (χ0v) is 9.68. The van der Waals surface area contributed by atoms with Gasteiger partial charge in [-0.15, -0.1) is 11.3 Å². The van der Waals surface area contributed by atoms with Crippen molar-refractivity contribution in [3.05, 3.63) is 21.9 Å². The molecule has 2 heteroatoms. The average molecular weight is 210 g/mol. The summed E-state index contributed by atoms with van der Waals surface area (Å²) in [5, 5.41) is 10.1. The number of hydrogen-bond acceptors (Lipinski definition) is 2. The molecule has 1 aliphatic carbocycles. The molecule has 0 radical (unpaired) electrons. The normalized spacial score (nSPS) is 20.8. The maximum atomic E-state index is 10.1. The third-order valence-corrected chi connectivity index (χ3v) is 4.49. The van der Waals surface area contributed by atoms with Crippen LogP contribution in [0.3, 0.4) is 0 Å². The van der Waals surface area contributed by atoms with Crippen molar-refractivity contribution in [3.8, 4) is 0 Å². The zero-order chi connectivity index (χ0) is 10.1. The Labute approximate surface area is 89.8 Å². The lowest BCUT2D eigenvalue weighted by atomic mass is 9.98. The molecule has 2 unspecified atom stereocenters. The van der Waals surface area contributed by atoms with Crippen LogP contribution < -0.4 is 0 Å². The largest absolute Gasteiger partial charge is 0.387 e. The molecule has 1 fully saturated rings. The molecule has 1 aromatic rings. The second-order valence-corrected chi connectivity index (χ2v) is 5.50. The Morgan fingerprint density at radius 1 is 1.50 bits per heavy atom. The van der Waals surface area contributed by atoms with E-state index in [0.29, 0.717) is 5.92 Å². The molecule has 1 N–H and O–H groups in total. The number of rotatable bonds is 4. The highest BCUT2D eigenvalue weighted by molar-refractivity contribution is 7.12. The van der Waals surface area contributed by atoms with Crippen LogP contribution in [-0.2, 0) is 6.42 Å². The molecule has 2 atom stereocenters. The van der Waals surface area contributed by atoms with E-state index in [0.717, 1.165) is 17.2 Å². The Bertz CT molecular complexity index is 301. The summed E-state index contributed by atoms with van der Waals surface area (Å²) in [6, 6.07) is 4.23. The molecule has 1 nitrogen and oxygen atoms in total. The second kappa shape index (κ2) is 4.03. The van der Waals surface area contributed by atoms with Crippen LogP contribution in [0, 0.1) is 11.8 Å². The van der Waals surface area contributed by atoms with Gasteiger partial charge in [0.05, 0.1) is 6.10 Å². The summed E-state index contributed by atoms with van der Waals surface area (Å²) in [4.78, 5) is 2.53. The van der Waals surface area contributed by atoms with Crippen molar-refractivity contribution in [1.29, 1.82) is 0 Å². The van der Waals surface area contributed by atoms with Crippen LogP contribution in [-0.4, -0.2) is 5.11 Å². The molecule has 1 saturated carbocycles. The van der Waals surface area contributed by atoms with Crippen LogP contribution in [0.25, 0.3) is 0 Å². The fourth-order valence-electron chi connectivity index (χ4n) is 1.88. The van der Waals surface area contributed by atoms with Crippen molar-refractivity contribution < 1.29 is 5.11 Å². The van der Waals surface area contributed by atoms with Crippen LogP contribution in [0.5, 0.6) is 0 Å². The Morgan fingerprint density at radius 2 is 2.21 bits per heavy atom. The van der Waals surface area contributed by atoms with Gasteiger partial charge in [0.2, 0.25) is 0 Å². The summed E-state index contributed by atoms with van der Waals surface area (Å²) in [5.41, 5.74) is 0. The molecule has 78 valence electrons. The van der Waals surface area contributed by atoms with Gasteiger partial charge in [-0.3, -0.25) is 0 Å². The van der Waals surface area contributed by atoms with Crippen molar-refractivity contribution in [1.82, 2.24) is 0 Å². The standard InChI is InChI=1S/C12H18OS/c1-3-10-6-7-11(14-10)12(13)8(2)9-4-5-9/h6-9,12-13H,3-5H2,1-2H3. The van der Waals surface area contributed by atoms with Crippen LogP contribution in [0.1, 0.15) is 42.5 Å². The van der Waals surface area contributed by atoms with Gasteiger partial charge in [-0.05, 0) is 43.2 Å². The predicted octanol–water partition coefficient (Wildman–Crippen LogP) is 3.39. The van der Waals surface area contributed by atoms with Gasteiger partial charge in [0.25, 0.3) is 0 Å². The molecule has 0 saturated heterocycles. The molecule has 14 heavy (non-hydrogen) atoms. The van der Waals surface area contributed by atoms with Gasteiger partial charge >= 0.3 is 0 Å². The lowest BCUT2D eigenvalue weighted by Crippen LogP contribution is -2.09. The molecule has 1 aliphatic rings. The van der Waals surface area contributed by atoms with Crippen molar-refractivity contribution >= 4 is 11.3 Å². The van der Waals surface area contributed by atoms with E-state index in [1.807, 2.05) is 0 Å². The smallest absolute Gasteiger partial charge is 0.0910 e. The number of hydrogen-bond donors (Lipinski definition) is 1. The van der Waals surface area contributed by atoms with Gasteiger partial charge in [0.15, 0.2) is 0 Å². The predicted molar refractivity (Wildman–Crippen MR) is 60.5 cm³/mol. The quantitative estimate of drug-likeness (QED) is 0.807.